The molecule has 1 unspecified atom stereocenters. The minimum atomic E-state index is 0.246. The average molecular weight is 269 g/mol. The molecule has 1 aliphatic rings. The molecular formula is C18H23NO. The van der Waals surface area contributed by atoms with Crippen LogP contribution in [-0.4, -0.2) is 10.4 Å². The molecule has 1 aromatic carbocycles. The SMILES string of the molecule is Cc1cc(C)c2c(c1)c(CC1CCCCC1=O)cn2C. The fourth-order valence-corrected chi connectivity index (χ4v) is 3.74. The Morgan fingerprint density at radius 3 is 2.80 bits per heavy atom. The summed E-state index contributed by atoms with van der Waals surface area (Å²) in [7, 11) is 2.11. The Labute approximate surface area is 120 Å². The highest BCUT2D eigenvalue weighted by molar-refractivity contribution is 5.88. The lowest BCUT2D eigenvalue weighted by atomic mass is 9.83. The summed E-state index contributed by atoms with van der Waals surface area (Å²) in [6.07, 6.45) is 7.29. The van der Waals surface area contributed by atoms with Crippen molar-refractivity contribution in [3.05, 3.63) is 35.0 Å². The molecule has 0 bridgehead atoms. The van der Waals surface area contributed by atoms with Crippen molar-refractivity contribution in [3.63, 3.8) is 0 Å². The van der Waals surface area contributed by atoms with Crippen LogP contribution < -0.4 is 0 Å². The summed E-state index contributed by atoms with van der Waals surface area (Å²) in [4.78, 5) is 12.1. The number of hydrogen-bond donors (Lipinski definition) is 0. The molecular weight excluding hydrogens is 246 g/mol. The van der Waals surface area contributed by atoms with Crippen molar-refractivity contribution in [2.75, 3.05) is 0 Å². The molecule has 1 fully saturated rings. The van der Waals surface area contributed by atoms with Crippen LogP contribution in [0.1, 0.15) is 42.4 Å². The van der Waals surface area contributed by atoms with Gasteiger partial charge in [0, 0.05) is 31.0 Å². The van der Waals surface area contributed by atoms with Crippen LogP contribution in [0.3, 0.4) is 0 Å². The Morgan fingerprint density at radius 2 is 2.05 bits per heavy atom. The fourth-order valence-electron chi connectivity index (χ4n) is 3.74. The van der Waals surface area contributed by atoms with Crippen LogP contribution >= 0.6 is 0 Å². The minimum Gasteiger partial charge on any atom is -0.350 e. The zero-order valence-electron chi connectivity index (χ0n) is 12.7. The van der Waals surface area contributed by atoms with Crippen LogP contribution in [0.15, 0.2) is 18.3 Å². The molecule has 0 spiro atoms. The standard InChI is InChI=1S/C18H23NO/c1-12-8-13(2)18-16(9-12)15(11-19(18)3)10-14-6-4-5-7-17(14)20/h8-9,11,14H,4-7,10H2,1-3H3. The fraction of sp³-hybridized carbons (Fsp3) is 0.500. The van der Waals surface area contributed by atoms with Gasteiger partial charge >= 0.3 is 0 Å². The van der Waals surface area contributed by atoms with Crippen LogP contribution in [0.2, 0.25) is 0 Å². The highest BCUT2D eigenvalue weighted by Crippen LogP contribution is 2.30. The van der Waals surface area contributed by atoms with E-state index in [4.69, 9.17) is 0 Å². The Kier molecular flexibility index (Phi) is 3.41. The average Bonchev–Trinajstić information content (AvgIpc) is 2.69. The van der Waals surface area contributed by atoms with Gasteiger partial charge in [-0.05, 0) is 50.3 Å². The summed E-state index contributed by atoms with van der Waals surface area (Å²) >= 11 is 0. The van der Waals surface area contributed by atoms with Crippen LogP contribution in [0.25, 0.3) is 10.9 Å². The normalized spacial score (nSPS) is 19.8. The highest BCUT2D eigenvalue weighted by Gasteiger charge is 2.23. The first-order valence-electron chi connectivity index (χ1n) is 7.64. The Bertz CT molecular complexity index is 666. The number of Topliss-reactive ketones (excluding diaryl/α,β-unsaturated/α-hetero) is 1. The van der Waals surface area contributed by atoms with Crippen molar-refractivity contribution in [1.82, 2.24) is 4.57 Å². The van der Waals surface area contributed by atoms with Gasteiger partial charge in [-0.15, -0.1) is 0 Å². The first kappa shape index (κ1) is 13.4. The lowest BCUT2D eigenvalue weighted by Crippen LogP contribution is -2.20. The smallest absolute Gasteiger partial charge is 0.136 e. The first-order chi connectivity index (χ1) is 9.56. The van der Waals surface area contributed by atoms with E-state index in [1.165, 1.54) is 34.0 Å². The lowest BCUT2D eigenvalue weighted by Gasteiger charge is -2.20. The molecule has 0 N–H and O–H groups in total. The maximum atomic E-state index is 12.1. The Morgan fingerprint density at radius 1 is 1.25 bits per heavy atom. The molecule has 1 aliphatic carbocycles. The maximum Gasteiger partial charge on any atom is 0.136 e. The topological polar surface area (TPSA) is 22.0 Å². The van der Waals surface area contributed by atoms with Crippen molar-refractivity contribution in [2.45, 2.75) is 46.0 Å². The van der Waals surface area contributed by atoms with E-state index in [2.05, 4.69) is 43.8 Å². The van der Waals surface area contributed by atoms with E-state index in [0.29, 0.717) is 5.78 Å². The lowest BCUT2D eigenvalue weighted by molar-refractivity contribution is -0.124. The molecule has 20 heavy (non-hydrogen) atoms. The second-order valence-corrected chi connectivity index (χ2v) is 6.36. The van der Waals surface area contributed by atoms with Gasteiger partial charge in [0.1, 0.15) is 5.78 Å². The number of benzene rings is 1. The number of fused-ring (bicyclic) bond motifs is 1. The summed E-state index contributed by atoms with van der Waals surface area (Å²) in [6.45, 7) is 4.32. The molecule has 1 aromatic heterocycles. The number of carbonyl (C=O) groups is 1. The summed E-state index contributed by atoms with van der Waals surface area (Å²) in [5, 5.41) is 1.34. The van der Waals surface area contributed by atoms with Gasteiger partial charge in [0.2, 0.25) is 0 Å². The van der Waals surface area contributed by atoms with E-state index in [0.717, 1.165) is 25.7 Å². The Hall–Kier alpha value is -1.57. The monoisotopic (exact) mass is 269 g/mol. The van der Waals surface area contributed by atoms with Crippen LogP contribution in [0.5, 0.6) is 0 Å². The van der Waals surface area contributed by atoms with Crippen LogP contribution in [0, 0.1) is 19.8 Å². The van der Waals surface area contributed by atoms with Crippen LogP contribution in [-0.2, 0) is 18.3 Å². The van der Waals surface area contributed by atoms with Gasteiger partial charge in [0.05, 0.1) is 5.52 Å². The Balaban J connectivity index is 2.01. The molecule has 1 heterocycles. The second kappa shape index (κ2) is 5.08. The molecule has 0 saturated heterocycles. The van der Waals surface area contributed by atoms with Gasteiger partial charge in [0.15, 0.2) is 0 Å². The molecule has 1 saturated carbocycles. The quantitative estimate of drug-likeness (QED) is 0.804. The zero-order valence-corrected chi connectivity index (χ0v) is 12.7. The molecule has 2 nitrogen and oxygen atoms in total. The number of nitrogens with zero attached hydrogens (tertiary/aromatic N) is 1. The predicted octanol–water partition coefficient (Wildman–Crippen LogP) is 4.10. The summed E-state index contributed by atoms with van der Waals surface area (Å²) < 4.78 is 2.22. The number of aryl methyl sites for hydroxylation is 3. The second-order valence-electron chi connectivity index (χ2n) is 6.36. The zero-order chi connectivity index (χ0) is 14.3. The molecule has 0 radical (unpaired) electrons. The third-order valence-electron chi connectivity index (χ3n) is 4.64. The third-order valence-corrected chi connectivity index (χ3v) is 4.64. The number of aromatic nitrogens is 1. The van der Waals surface area contributed by atoms with Gasteiger partial charge < -0.3 is 4.57 Å². The van der Waals surface area contributed by atoms with E-state index in [1.807, 2.05) is 0 Å². The molecule has 0 aliphatic heterocycles. The van der Waals surface area contributed by atoms with Gasteiger partial charge in [-0.25, -0.2) is 0 Å². The van der Waals surface area contributed by atoms with Crippen molar-refractivity contribution in [3.8, 4) is 0 Å². The summed E-state index contributed by atoms with van der Waals surface area (Å²) in [6, 6.07) is 4.50. The van der Waals surface area contributed by atoms with Gasteiger partial charge in [-0.2, -0.15) is 0 Å². The highest BCUT2D eigenvalue weighted by atomic mass is 16.1. The van der Waals surface area contributed by atoms with E-state index in [9.17, 15) is 4.79 Å². The van der Waals surface area contributed by atoms with E-state index in [1.54, 1.807) is 0 Å². The summed E-state index contributed by atoms with van der Waals surface area (Å²) in [5.74, 6) is 0.716. The molecule has 3 rings (SSSR count). The maximum absolute atomic E-state index is 12.1. The molecule has 0 amide bonds. The largest absolute Gasteiger partial charge is 0.350 e. The number of hydrogen-bond acceptors (Lipinski definition) is 1. The van der Waals surface area contributed by atoms with Gasteiger partial charge in [0.25, 0.3) is 0 Å². The van der Waals surface area contributed by atoms with Gasteiger partial charge in [-0.1, -0.05) is 18.1 Å². The van der Waals surface area contributed by atoms with Gasteiger partial charge in [-0.3, -0.25) is 4.79 Å². The molecule has 2 aromatic rings. The third kappa shape index (κ3) is 2.28. The van der Waals surface area contributed by atoms with E-state index in [-0.39, 0.29) is 5.92 Å². The number of carbonyl (C=O) groups excluding carboxylic acids is 1. The molecule has 2 heteroatoms. The predicted molar refractivity (Wildman–Crippen MR) is 83.1 cm³/mol. The number of rotatable bonds is 2. The molecule has 106 valence electrons. The van der Waals surface area contributed by atoms with Crippen LogP contribution in [0.4, 0.5) is 0 Å². The van der Waals surface area contributed by atoms with Crippen molar-refractivity contribution >= 4 is 16.7 Å². The summed E-state index contributed by atoms with van der Waals surface area (Å²) in [5.41, 5.74) is 5.28. The van der Waals surface area contributed by atoms with E-state index >= 15 is 0 Å². The first-order valence-corrected chi connectivity index (χ1v) is 7.64. The number of ketones is 1. The van der Waals surface area contributed by atoms with Crippen molar-refractivity contribution in [2.24, 2.45) is 13.0 Å². The van der Waals surface area contributed by atoms with E-state index < -0.39 is 0 Å². The molecule has 1 atom stereocenters. The van der Waals surface area contributed by atoms with Crippen molar-refractivity contribution in [1.29, 1.82) is 0 Å². The minimum absolute atomic E-state index is 0.246. The van der Waals surface area contributed by atoms with Crippen molar-refractivity contribution < 1.29 is 4.79 Å².